The zero-order chi connectivity index (χ0) is 19.1. The normalized spacial score (nSPS) is 25.6. The van der Waals surface area contributed by atoms with Gasteiger partial charge >= 0.3 is 0 Å². The number of fused-ring (bicyclic) bond motifs is 2. The number of hydrogen-bond donors (Lipinski definition) is 0. The van der Waals surface area contributed by atoms with Crippen molar-refractivity contribution in [3.8, 4) is 17.6 Å². The summed E-state index contributed by atoms with van der Waals surface area (Å²) in [4.78, 5) is 2.55. The van der Waals surface area contributed by atoms with Crippen LogP contribution in [-0.4, -0.2) is 29.1 Å². The summed E-state index contributed by atoms with van der Waals surface area (Å²) in [5.74, 6) is 3.56. The molecule has 6 rings (SSSR count). The Hall–Kier alpha value is -2.16. The minimum atomic E-state index is 0.0363. The first kappa shape index (κ1) is 17.9. The van der Waals surface area contributed by atoms with E-state index >= 15 is 0 Å². The lowest BCUT2D eigenvalue weighted by Gasteiger charge is -2.55. The average molecular weight is 410 g/mol. The van der Waals surface area contributed by atoms with Crippen molar-refractivity contribution in [2.24, 2.45) is 4.40 Å². The van der Waals surface area contributed by atoms with Gasteiger partial charge in [-0.15, -0.1) is 0 Å². The highest BCUT2D eigenvalue weighted by molar-refractivity contribution is 7.98. The van der Waals surface area contributed by atoms with Crippen LogP contribution in [0.2, 0.25) is 5.02 Å². The van der Waals surface area contributed by atoms with E-state index in [1.807, 2.05) is 12.1 Å². The van der Waals surface area contributed by atoms with Gasteiger partial charge in [0.25, 0.3) is 0 Å². The average Bonchev–Trinajstić information content (AvgIpc) is 2.75. The number of rotatable bonds is 3. The largest absolute Gasteiger partial charge is 0.456 e. The van der Waals surface area contributed by atoms with E-state index in [2.05, 4.69) is 23.1 Å². The van der Waals surface area contributed by atoms with E-state index in [4.69, 9.17) is 20.7 Å². The molecule has 1 aliphatic carbocycles. The van der Waals surface area contributed by atoms with Gasteiger partial charge in [-0.2, -0.15) is 5.26 Å². The lowest BCUT2D eigenvalue weighted by atomic mass is 9.63. The topological polar surface area (TPSA) is 48.6 Å². The van der Waals surface area contributed by atoms with Crippen molar-refractivity contribution < 1.29 is 4.74 Å². The molecule has 3 fully saturated rings. The predicted molar refractivity (Wildman–Crippen MR) is 113 cm³/mol. The summed E-state index contributed by atoms with van der Waals surface area (Å²) >= 11 is 7.77. The van der Waals surface area contributed by atoms with Gasteiger partial charge in [0.2, 0.25) is 0 Å². The van der Waals surface area contributed by atoms with E-state index in [0.29, 0.717) is 28.1 Å². The van der Waals surface area contributed by atoms with Gasteiger partial charge in [-0.1, -0.05) is 23.7 Å². The number of benzene rings is 2. The Kier molecular flexibility index (Phi) is 4.49. The molecule has 0 unspecified atom stereocenters. The van der Waals surface area contributed by atoms with Gasteiger partial charge in [0.15, 0.2) is 0 Å². The Morgan fingerprint density at radius 2 is 1.96 bits per heavy atom. The highest BCUT2D eigenvalue weighted by atomic mass is 35.5. The first-order valence-corrected chi connectivity index (χ1v) is 11.0. The number of ether oxygens (including phenoxy) is 1. The van der Waals surface area contributed by atoms with Gasteiger partial charge in [-0.05, 0) is 67.5 Å². The fourth-order valence-corrected chi connectivity index (χ4v) is 5.75. The second-order valence-electron chi connectivity index (χ2n) is 7.63. The third-order valence-corrected chi connectivity index (χ3v) is 7.13. The molecule has 28 heavy (non-hydrogen) atoms. The first-order chi connectivity index (χ1) is 13.7. The standard InChI is InChI=1S/C22H20ClN3OS/c23-17-4-1-15(14-24)20(13-17)27-19-5-2-16(3-6-19)22-9-7-18(8-10-22)26-11-12-28-25-21(22)26/h1-6,13,18H,7-12H2. The van der Waals surface area contributed by atoms with E-state index in [0.717, 1.165) is 12.3 Å². The smallest absolute Gasteiger partial charge is 0.146 e. The molecule has 1 saturated carbocycles. The summed E-state index contributed by atoms with van der Waals surface area (Å²) in [6, 6.07) is 16.2. The molecule has 2 saturated heterocycles. The molecule has 3 aliphatic heterocycles. The summed E-state index contributed by atoms with van der Waals surface area (Å²) in [6.07, 6.45) is 4.83. The van der Waals surface area contributed by atoms with E-state index in [9.17, 15) is 5.26 Å². The number of halogens is 1. The number of nitrogens with zero attached hydrogens (tertiary/aromatic N) is 3. The first-order valence-electron chi connectivity index (χ1n) is 9.65. The van der Waals surface area contributed by atoms with Crippen LogP contribution >= 0.6 is 23.5 Å². The van der Waals surface area contributed by atoms with Gasteiger partial charge in [0.1, 0.15) is 23.4 Å². The molecule has 4 nitrogen and oxygen atoms in total. The van der Waals surface area contributed by atoms with Crippen molar-refractivity contribution in [1.29, 1.82) is 5.26 Å². The van der Waals surface area contributed by atoms with Gasteiger partial charge < -0.3 is 9.64 Å². The molecule has 2 aromatic rings. The zero-order valence-electron chi connectivity index (χ0n) is 15.4. The second kappa shape index (κ2) is 7.02. The number of piperidine rings is 2. The van der Waals surface area contributed by atoms with Crippen LogP contribution in [0.3, 0.4) is 0 Å². The van der Waals surface area contributed by atoms with Crippen LogP contribution in [0.4, 0.5) is 0 Å². The van der Waals surface area contributed by atoms with Crippen molar-refractivity contribution in [3.05, 3.63) is 58.6 Å². The Bertz CT molecular complexity index is 974. The number of hydrogen-bond acceptors (Lipinski definition) is 5. The number of amidine groups is 1. The predicted octanol–water partition coefficient (Wildman–Crippen LogP) is 5.56. The molecule has 2 bridgehead atoms. The van der Waals surface area contributed by atoms with E-state index in [1.54, 1.807) is 30.1 Å². The van der Waals surface area contributed by atoms with Crippen molar-refractivity contribution >= 4 is 29.4 Å². The second-order valence-corrected chi connectivity index (χ2v) is 8.92. The molecule has 0 radical (unpaired) electrons. The molecule has 4 aliphatic rings. The van der Waals surface area contributed by atoms with Crippen LogP contribution in [0.15, 0.2) is 46.9 Å². The Morgan fingerprint density at radius 3 is 2.71 bits per heavy atom. The fourth-order valence-electron chi connectivity index (χ4n) is 4.81. The van der Waals surface area contributed by atoms with Crippen LogP contribution in [0.1, 0.15) is 36.8 Å². The van der Waals surface area contributed by atoms with Crippen molar-refractivity contribution in [2.75, 3.05) is 12.3 Å². The van der Waals surface area contributed by atoms with Gasteiger partial charge in [-0.3, -0.25) is 0 Å². The molecular weight excluding hydrogens is 390 g/mol. The van der Waals surface area contributed by atoms with Crippen molar-refractivity contribution in [3.63, 3.8) is 0 Å². The van der Waals surface area contributed by atoms with E-state index < -0.39 is 0 Å². The molecule has 0 N–H and O–H groups in total. The maximum Gasteiger partial charge on any atom is 0.146 e. The minimum Gasteiger partial charge on any atom is -0.456 e. The highest BCUT2D eigenvalue weighted by Crippen LogP contribution is 2.49. The minimum absolute atomic E-state index is 0.0363. The SMILES string of the molecule is N#Cc1ccc(Cl)cc1Oc1ccc(C23CCC(CC2)N2CCSN=C23)cc1. The van der Waals surface area contributed by atoms with Crippen LogP contribution < -0.4 is 4.74 Å². The van der Waals surface area contributed by atoms with Crippen LogP contribution in [0.5, 0.6) is 11.5 Å². The maximum atomic E-state index is 9.29. The third kappa shape index (κ3) is 2.87. The molecule has 2 aromatic carbocycles. The molecule has 0 atom stereocenters. The van der Waals surface area contributed by atoms with Gasteiger partial charge in [0.05, 0.1) is 11.0 Å². The molecule has 0 spiro atoms. The Morgan fingerprint density at radius 1 is 1.18 bits per heavy atom. The summed E-state index contributed by atoms with van der Waals surface area (Å²) in [5.41, 5.74) is 1.83. The fraction of sp³-hybridized carbons (Fsp3) is 0.364. The lowest BCUT2D eigenvalue weighted by Crippen LogP contribution is -2.61. The van der Waals surface area contributed by atoms with E-state index in [1.165, 1.54) is 37.1 Å². The highest BCUT2D eigenvalue weighted by Gasteiger charge is 2.51. The van der Waals surface area contributed by atoms with Crippen LogP contribution in [0.25, 0.3) is 0 Å². The Balaban J connectivity index is 1.45. The maximum absolute atomic E-state index is 9.29. The summed E-state index contributed by atoms with van der Waals surface area (Å²) in [5, 5.41) is 9.84. The van der Waals surface area contributed by atoms with Crippen LogP contribution in [0, 0.1) is 11.3 Å². The summed E-state index contributed by atoms with van der Waals surface area (Å²) in [7, 11) is 0. The molecule has 3 heterocycles. The molecular formula is C22H20ClN3OS. The molecule has 6 heteroatoms. The summed E-state index contributed by atoms with van der Waals surface area (Å²) < 4.78 is 10.8. The van der Waals surface area contributed by atoms with Crippen LogP contribution in [-0.2, 0) is 5.41 Å². The zero-order valence-corrected chi connectivity index (χ0v) is 17.0. The number of nitriles is 1. The quantitative estimate of drug-likeness (QED) is 0.622. The van der Waals surface area contributed by atoms with E-state index in [-0.39, 0.29) is 5.41 Å². The third-order valence-electron chi connectivity index (χ3n) is 6.22. The van der Waals surface area contributed by atoms with Gasteiger partial charge in [-0.25, -0.2) is 4.40 Å². The van der Waals surface area contributed by atoms with Gasteiger partial charge in [0, 0.05) is 29.4 Å². The lowest BCUT2D eigenvalue weighted by molar-refractivity contribution is 0.153. The molecule has 142 valence electrons. The molecule has 0 amide bonds. The summed E-state index contributed by atoms with van der Waals surface area (Å²) in [6.45, 7) is 1.11. The molecule has 0 aromatic heterocycles. The van der Waals surface area contributed by atoms with Crippen molar-refractivity contribution in [2.45, 2.75) is 37.1 Å². The monoisotopic (exact) mass is 409 g/mol. The van der Waals surface area contributed by atoms with Crippen molar-refractivity contribution in [1.82, 2.24) is 4.90 Å². The Labute approximate surface area is 174 Å².